The molecule has 0 saturated carbocycles. The standard InChI is InChI=1S/C14H10O3S/c1-16-14(15)13-8-10-9(11-5-3-7-17-11)4-2-6-12(10)18-13/h2-8H,1H3. The van der Waals surface area contributed by atoms with Crippen molar-refractivity contribution in [1.82, 2.24) is 0 Å². The summed E-state index contributed by atoms with van der Waals surface area (Å²) >= 11 is 1.43. The van der Waals surface area contributed by atoms with Gasteiger partial charge in [0.25, 0.3) is 0 Å². The smallest absolute Gasteiger partial charge is 0.348 e. The van der Waals surface area contributed by atoms with Gasteiger partial charge in [0, 0.05) is 15.6 Å². The minimum Gasteiger partial charge on any atom is -0.465 e. The molecule has 4 heteroatoms. The van der Waals surface area contributed by atoms with Crippen LogP contribution in [0.5, 0.6) is 0 Å². The van der Waals surface area contributed by atoms with Gasteiger partial charge in [0.05, 0.1) is 13.4 Å². The van der Waals surface area contributed by atoms with Crippen molar-refractivity contribution in [2.24, 2.45) is 0 Å². The quantitative estimate of drug-likeness (QED) is 0.653. The van der Waals surface area contributed by atoms with Crippen molar-refractivity contribution in [3.8, 4) is 11.3 Å². The van der Waals surface area contributed by atoms with Crippen LogP contribution in [0.1, 0.15) is 9.67 Å². The molecule has 3 aromatic rings. The average Bonchev–Trinajstić information content (AvgIpc) is 3.05. The largest absolute Gasteiger partial charge is 0.465 e. The summed E-state index contributed by atoms with van der Waals surface area (Å²) in [5, 5.41) is 1.01. The summed E-state index contributed by atoms with van der Waals surface area (Å²) in [4.78, 5) is 12.1. The molecule has 0 radical (unpaired) electrons. The van der Waals surface area contributed by atoms with Crippen LogP contribution in [0.2, 0.25) is 0 Å². The van der Waals surface area contributed by atoms with Gasteiger partial charge in [-0.1, -0.05) is 12.1 Å². The minimum atomic E-state index is -0.304. The first-order valence-corrected chi connectivity index (χ1v) is 6.26. The molecule has 0 aliphatic carbocycles. The number of methoxy groups -OCH3 is 1. The highest BCUT2D eigenvalue weighted by atomic mass is 32.1. The van der Waals surface area contributed by atoms with E-state index in [1.165, 1.54) is 18.4 Å². The lowest BCUT2D eigenvalue weighted by Gasteiger charge is -1.98. The fourth-order valence-electron chi connectivity index (χ4n) is 1.91. The molecule has 0 aliphatic rings. The molecule has 0 N–H and O–H groups in total. The lowest BCUT2D eigenvalue weighted by molar-refractivity contribution is 0.0606. The molecule has 0 atom stereocenters. The molecule has 0 saturated heterocycles. The average molecular weight is 258 g/mol. The van der Waals surface area contributed by atoms with Crippen molar-refractivity contribution in [2.75, 3.05) is 7.11 Å². The number of fused-ring (bicyclic) bond motifs is 1. The van der Waals surface area contributed by atoms with Gasteiger partial charge in [-0.25, -0.2) is 4.79 Å². The Bertz CT molecular complexity index is 695. The summed E-state index contributed by atoms with van der Waals surface area (Å²) in [6.07, 6.45) is 1.64. The van der Waals surface area contributed by atoms with Gasteiger partial charge in [0.15, 0.2) is 0 Å². The topological polar surface area (TPSA) is 39.4 Å². The molecule has 1 aromatic carbocycles. The van der Waals surface area contributed by atoms with Crippen molar-refractivity contribution in [2.45, 2.75) is 0 Å². The molecule has 0 bridgehead atoms. The Balaban J connectivity index is 2.22. The molecular formula is C14H10O3S. The minimum absolute atomic E-state index is 0.304. The van der Waals surface area contributed by atoms with E-state index in [-0.39, 0.29) is 5.97 Å². The van der Waals surface area contributed by atoms with Crippen LogP contribution in [0.15, 0.2) is 47.1 Å². The van der Waals surface area contributed by atoms with Gasteiger partial charge in [-0.15, -0.1) is 11.3 Å². The first-order valence-electron chi connectivity index (χ1n) is 5.44. The van der Waals surface area contributed by atoms with Gasteiger partial charge < -0.3 is 9.15 Å². The second-order valence-electron chi connectivity index (χ2n) is 3.80. The lowest BCUT2D eigenvalue weighted by Crippen LogP contribution is -1.96. The number of ether oxygens (including phenoxy) is 1. The number of carbonyl (C=O) groups is 1. The van der Waals surface area contributed by atoms with Gasteiger partial charge in [-0.05, 0) is 24.3 Å². The summed E-state index contributed by atoms with van der Waals surface area (Å²) < 4.78 is 11.2. The van der Waals surface area contributed by atoms with Crippen molar-refractivity contribution in [1.29, 1.82) is 0 Å². The van der Waals surface area contributed by atoms with Crippen molar-refractivity contribution < 1.29 is 13.9 Å². The SMILES string of the molecule is COC(=O)c1cc2c(-c3ccco3)cccc2s1. The lowest BCUT2D eigenvalue weighted by atomic mass is 10.1. The van der Waals surface area contributed by atoms with Crippen molar-refractivity contribution in [3.63, 3.8) is 0 Å². The van der Waals surface area contributed by atoms with Gasteiger partial charge in [0.1, 0.15) is 10.6 Å². The van der Waals surface area contributed by atoms with Crippen LogP contribution in [-0.2, 0) is 4.74 Å². The summed E-state index contributed by atoms with van der Waals surface area (Å²) in [7, 11) is 1.39. The maximum atomic E-state index is 11.5. The third-order valence-electron chi connectivity index (χ3n) is 2.73. The number of carbonyl (C=O) groups excluding carboxylic acids is 1. The summed E-state index contributed by atoms with van der Waals surface area (Å²) in [5.74, 6) is 0.497. The maximum absolute atomic E-state index is 11.5. The number of hydrogen-bond acceptors (Lipinski definition) is 4. The van der Waals surface area contributed by atoms with Crippen LogP contribution in [0.25, 0.3) is 21.4 Å². The van der Waals surface area contributed by atoms with Crippen LogP contribution in [0, 0.1) is 0 Å². The maximum Gasteiger partial charge on any atom is 0.348 e. The van der Waals surface area contributed by atoms with Crippen LogP contribution < -0.4 is 0 Å². The third-order valence-corrected chi connectivity index (χ3v) is 3.82. The van der Waals surface area contributed by atoms with Crippen molar-refractivity contribution in [3.05, 3.63) is 47.5 Å². The highest BCUT2D eigenvalue weighted by Crippen LogP contribution is 2.34. The Morgan fingerprint density at radius 2 is 2.17 bits per heavy atom. The molecule has 0 unspecified atom stereocenters. The number of hydrogen-bond donors (Lipinski definition) is 0. The molecule has 2 heterocycles. The first-order chi connectivity index (χ1) is 8.79. The Labute approximate surface area is 108 Å². The van der Waals surface area contributed by atoms with E-state index >= 15 is 0 Å². The molecule has 2 aromatic heterocycles. The zero-order valence-electron chi connectivity index (χ0n) is 9.67. The van der Waals surface area contributed by atoms with E-state index in [2.05, 4.69) is 0 Å². The fourth-order valence-corrected chi connectivity index (χ4v) is 2.91. The third kappa shape index (κ3) is 1.71. The van der Waals surface area contributed by atoms with E-state index in [1.54, 1.807) is 6.26 Å². The molecule has 0 spiro atoms. The summed E-state index contributed by atoms with van der Waals surface area (Å²) in [6, 6.07) is 11.5. The number of benzene rings is 1. The Morgan fingerprint density at radius 3 is 2.89 bits per heavy atom. The molecule has 0 amide bonds. The molecule has 18 heavy (non-hydrogen) atoms. The predicted molar refractivity (Wildman–Crippen MR) is 70.9 cm³/mol. The number of esters is 1. The molecular weight excluding hydrogens is 248 g/mol. The molecule has 3 rings (SSSR count). The van der Waals surface area contributed by atoms with E-state index in [1.807, 2.05) is 36.4 Å². The Morgan fingerprint density at radius 1 is 1.28 bits per heavy atom. The zero-order chi connectivity index (χ0) is 12.5. The number of furan rings is 1. The van der Waals surface area contributed by atoms with E-state index < -0.39 is 0 Å². The second-order valence-corrected chi connectivity index (χ2v) is 4.88. The summed E-state index contributed by atoms with van der Waals surface area (Å²) in [5.41, 5.74) is 0.990. The van der Waals surface area contributed by atoms with Gasteiger partial charge in [-0.2, -0.15) is 0 Å². The molecule has 90 valence electrons. The predicted octanol–water partition coefficient (Wildman–Crippen LogP) is 3.95. The zero-order valence-corrected chi connectivity index (χ0v) is 10.5. The molecule has 0 aliphatic heterocycles. The highest BCUT2D eigenvalue weighted by molar-refractivity contribution is 7.20. The van der Waals surface area contributed by atoms with Crippen molar-refractivity contribution >= 4 is 27.4 Å². The monoisotopic (exact) mass is 258 g/mol. The fraction of sp³-hybridized carbons (Fsp3) is 0.0714. The number of rotatable bonds is 2. The van der Waals surface area contributed by atoms with Gasteiger partial charge in [-0.3, -0.25) is 0 Å². The normalized spacial score (nSPS) is 10.7. The Kier molecular flexibility index (Phi) is 2.64. The van der Waals surface area contributed by atoms with Crippen LogP contribution in [0.3, 0.4) is 0 Å². The van der Waals surface area contributed by atoms with Crippen LogP contribution in [0.4, 0.5) is 0 Å². The van der Waals surface area contributed by atoms with E-state index in [0.29, 0.717) is 4.88 Å². The van der Waals surface area contributed by atoms with Crippen LogP contribution >= 0.6 is 11.3 Å². The molecule has 3 nitrogen and oxygen atoms in total. The van der Waals surface area contributed by atoms with Gasteiger partial charge in [0.2, 0.25) is 0 Å². The Hall–Kier alpha value is -2.07. The second kappa shape index (κ2) is 4.31. The van der Waals surface area contributed by atoms with E-state index in [0.717, 1.165) is 21.4 Å². The van der Waals surface area contributed by atoms with Crippen LogP contribution in [-0.4, -0.2) is 13.1 Å². The van der Waals surface area contributed by atoms with Gasteiger partial charge >= 0.3 is 5.97 Å². The molecule has 0 fully saturated rings. The summed E-state index contributed by atoms with van der Waals surface area (Å²) in [6.45, 7) is 0. The highest BCUT2D eigenvalue weighted by Gasteiger charge is 2.13. The number of thiophene rings is 1. The van der Waals surface area contributed by atoms with E-state index in [4.69, 9.17) is 9.15 Å². The first kappa shape index (κ1) is 11.0. The van der Waals surface area contributed by atoms with E-state index in [9.17, 15) is 4.79 Å².